The van der Waals surface area contributed by atoms with Crippen LogP contribution in [0.25, 0.3) is 11.2 Å². The van der Waals surface area contributed by atoms with Gasteiger partial charge in [0, 0.05) is 19.3 Å². The number of rotatable bonds is 6. The molecule has 1 fully saturated rings. The summed E-state index contributed by atoms with van der Waals surface area (Å²) in [5.74, 6) is 1.00. The Morgan fingerprint density at radius 2 is 2.08 bits per heavy atom. The van der Waals surface area contributed by atoms with Gasteiger partial charge >= 0.3 is 5.69 Å². The SMILES string of the molecule is C[S+](C)CCOCn1c(=O)n(C2CCOCC2)c2nc(N)nc(Cl)c21. The molecule has 0 aliphatic carbocycles. The fourth-order valence-corrected chi connectivity index (χ4v) is 3.65. The third-order valence-corrected chi connectivity index (χ3v) is 5.43. The van der Waals surface area contributed by atoms with E-state index >= 15 is 0 Å². The second-order valence-electron chi connectivity index (χ2n) is 6.20. The lowest BCUT2D eigenvalue weighted by Crippen LogP contribution is -2.31. The van der Waals surface area contributed by atoms with Gasteiger partial charge in [-0.05, 0) is 23.7 Å². The van der Waals surface area contributed by atoms with Crippen LogP contribution in [0, 0.1) is 0 Å². The molecule has 0 spiro atoms. The lowest BCUT2D eigenvalue weighted by Gasteiger charge is -2.22. The first-order valence-corrected chi connectivity index (χ1v) is 10.7. The van der Waals surface area contributed by atoms with E-state index in [0.717, 1.165) is 18.6 Å². The molecule has 0 radical (unpaired) electrons. The molecule has 0 amide bonds. The monoisotopic (exact) mass is 388 g/mol. The lowest BCUT2D eigenvalue weighted by atomic mass is 10.1. The Morgan fingerprint density at radius 1 is 1.36 bits per heavy atom. The van der Waals surface area contributed by atoms with Gasteiger partial charge < -0.3 is 15.2 Å². The van der Waals surface area contributed by atoms with Gasteiger partial charge in [0.25, 0.3) is 0 Å². The highest BCUT2D eigenvalue weighted by Crippen LogP contribution is 2.27. The Bertz CT molecular complexity index is 801. The normalized spacial score (nSPS) is 16.2. The first kappa shape index (κ1) is 18.5. The van der Waals surface area contributed by atoms with Gasteiger partial charge in [-0.3, -0.25) is 9.13 Å². The number of hydrogen-bond donors (Lipinski definition) is 1. The van der Waals surface area contributed by atoms with Gasteiger partial charge in [-0.15, -0.1) is 0 Å². The zero-order chi connectivity index (χ0) is 18.0. The maximum Gasteiger partial charge on any atom is 0.332 e. The van der Waals surface area contributed by atoms with Crippen molar-refractivity contribution in [3.63, 3.8) is 0 Å². The smallest absolute Gasteiger partial charge is 0.332 e. The summed E-state index contributed by atoms with van der Waals surface area (Å²) in [5.41, 5.74) is 6.49. The summed E-state index contributed by atoms with van der Waals surface area (Å²) in [4.78, 5) is 21.3. The van der Waals surface area contributed by atoms with Crippen LogP contribution < -0.4 is 11.4 Å². The second kappa shape index (κ2) is 7.94. The van der Waals surface area contributed by atoms with Crippen molar-refractivity contribution < 1.29 is 9.47 Å². The zero-order valence-corrected chi connectivity index (χ0v) is 16.0. The van der Waals surface area contributed by atoms with Crippen molar-refractivity contribution in [1.82, 2.24) is 19.1 Å². The van der Waals surface area contributed by atoms with Crippen LogP contribution in [0.15, 0.2) is 4.79 Å². The van der Waals surface area contributed by atoms with Crippen molar-refractivity contribution in [3.05, 3.63) is 15.6 Å². The Kier molecular flexibility index (Phi) is 5.88. The summed E-state index contributed by atoms with van der Waals surface area (Å²) >= 11 is 6.27. The number of imidazole rings is 1. The molecule has 3 rings (SSSR count). The van der Waals surface area contributed by atoms with Gasteiger partial charge in [0.05, 0.1) is 19.1 Å². The summed E-state index contributed by atoms with van der Waals surface area (Å²) in [6, 6.07) is 0.00696. The highest BCUT2D eigenvalue weighted by atomic mass is 35.5. The highest BCUT2D eigenvalue weighted by Gasteiger charge is 2.26. The molecule has 1 aliphatic heterocycles. The lowest BCUT2D eigenvalue weighted by molar-refractivity contribution is 0.0671. The van der Waals surface area contributed by atoms with Gasteiger partial charge in [-0.2, -0.15) is 9.97 Å². The molecule has 2 N–H and O–H groups in total. The first-order chi connectivity index (χ1) is 12.0. The van der Waals surface area contributed by atoms with Crippen LogP contribution in [0.1, 0.15) is 18.9 Å². The second-order valence-corrected chi connectivity index (χ2v) is 8.93. The summed E-state index contributed by atoms with van der Waals surface area (Å²) in [7, 11) is 0.289. The molecule has 0 unspecified atom stereocenters. The van der Waals surface area contributed by atoms with Crippen molar-refractivity contribution in [3.8, 4) is 0 Å². The number of nitrogen functional groups attached to an aromatic ring is 1. The van der Waals surface area contributed by atoms with E-state index in [0.29, 0.717) is 31.0 Å². The number of nitrogens with zero attached hydrogens (tertiary/aromatic N) is 4. The number of halogens is 1. The van der Waals surface area contributed by atoms with E-state index in [1.54, 1.807) is 4.57 Å². The number of anilines is 1. The molecule has 10 heteroatoms. The van der Waals surface area contributed by atoms with Gasteiger partial charge in [0.1, 0.15) is 18.0 Å². The summed E-state index contributed by atoms with van der Waals surface area (Å²) in [6.07, 6.45) is 5.80. The van der Waals surface area contributed by atoms with Crippen LogP contribution in [0.2, 0.25) is 5.15 Å². The van der Waals surface area contributed by atoms with E-state index in [1.807, 2.05) is 0 Å². The number of hydrogen-bond acceptors (Lipinski definition) is 6. The van der Waals surface area contributed by atoms with Crippen LogP contribution in [0.5, 0.6) is 0 Å². The average Bonchev–Trinajstić information content (AvgIpc) is 2.84. The topological polar surface area (TPSA) is 97.2 Å². The number of ether oxygens (including phenoxy) is 2. The van der Waals surface area contributed by atoms with Crippen molar-refractivity contribution >= 4 is 39.6 Å². The Hall–Kier alpha value is -1.29. The van der Waals surface area contributed by atoms with Crippen LogP contribution in [-0.2, 0) is 27.1 Å². The minimum absolute atomic E-state index is 0.00696. The van der Waals surface area contributed by atoms with Gasteiger partial charge in [0.2, 0.25) is 5.95 Å². The molecule has 0 atom stereocenters. The average molecular weight is 389 g/mol. The van der Waals surface area contributed by atoms with E-state index in [1.165, 1.54) is 4.57 Å². The number of fused-ring (bicyclic) bond motifs is 1. The molecule has 3 heterocycles. The molecular formula is C15H23ClN5O3S+. The molecule has 138 valence electrons. The summed E-state index contributed by atoms with van der Waals surface area (Å²) < 4.78 is 14.2. The third-order valence-electron chi connectivity index (χ3n) is 4.19. The third kappa shape index (κ3) is 3.94. The molecule has 1 saturated heterocycles. The minimum atomic E-state index is -0.198. The quantitative estimate of drug-likeness (QED) is 0.451. The van der Waals surface area contributed by atoms with E-state index in [9.17, 15) is 4.79 Å². The molecule has 8 nitrogen and oxygen atoms in total. The minimum Gasteiger partial charge on any atom is -0.381 e. The van der Waals surface area contributed by atoms with Crippen LogP contribution in [-0.4, -0.2) is 57.2 Å². The zero-order valence-electron chi connectivity index (χ0n) is 14.4. The molecule has 25 heavy (non-hydrogen) atoms. The van der Waals surface area contributed by atoms with Crippen LogP contribution in [0.4, 0.5) is 5.95 Å². The van der Waals surface area contributed by atoms with E-state index in [-0.39, 0.29) is 40.5 Å². The Morgan fingerprint density at radius 3 is 2.76 bits per heavy atom. The predicted octanol–water partition coefficient (Wildman–Crippen LogP) is 1.03. The standard InChI is InChI=1S/C15H23ClN5O3S/c1-25(2)8-7-24-9-20-11-12(16)18-14(17)19-13(11)21(15(20)22)10-3-5-23-6-4-10/h10H,3-9H2,1-2H3,(H2,17,18,19)/q+1. The van der Waals surface area contributed by atoms with Gasteiger partial charge in [0.15, 0.2) is 10.8 Å². The van der Waals surface area contributed by atoms with Crippen molar-refractivity contribution in [2.75, 3.05) is 43.8 Å². The first-order valence-electron chi connectivity index (χ1n) is 8.12. The van der Waals surface area contributed by atoms with Crippen LogP contribution >= 0.6 is 11.6 Å². The van der Waals surface area contributed by atoms with Crippen molar-refractivity contribution in [2.45, 2.75) is 25.6 Å². The number of aromatic nitrogens is 4. The molecule has 1 aliphatic rings. The van der Waals surface area contributed by atoms with E-state index in [4.69, 9.17) is 26.8 Å². The molecule has 2 aromatic rings. The Balaban J connectivity index is 2.00. The van der Waals surface area contributed by atoms with E-state index < -0.39 is 0 Å². The molecule has 0 bridgehead atoms. The van der Waals surface area contributed by atoms with Crippen LogP contribution in [0.3, 0.4) is 0 Å². The van der Waals surface area contributed by atoms with Gasteiger partial charge in [-0.25, -0.2) is 4.79 Å². The maximum atomic E-state index is 13.0. The predicted molar refractivity (Wildman–Crippen MR) is 100 cm³/mol. The van der Waals surface area contributed by atoms with Crippen molar-refractivity contribution in [1.29, 1.82) is 0 Å². The largest absolute Gasteiger partial charge is 0.381 e. The fraction of sp³-hybridized carbons (Fsp3) is 0.667. The number of nitrogens with two attached hydrogens (primary N) is 1. The maximum absolute atomic E-state index is 13.0. The molecule has 0 saturated carbocycles. The summed E-state index contributed by atoms with van der Waals surface area (Å²) in [5, 5.41) is 0.166. The fourth-order valence-electron chi connectivity index (χ4n) is 2.92. The van der Waals surface area contributed by atoms with E-state index in [2.05, 4.69) is 22.5 Å². The molecule has 2 aromatic heterocycles. The molecule has 0 aromatic carbocycles. The van der Waals surface area contributed by atoms with Crippen molar-refractivity contribution in [2.24, 2.45) is 0 Å². The molecular weight excluding hydrogens is 366 g/mol. The summed E-state index contributed by atoms with van der Waals surface area (Å²) in [6.45, 7) is 1.93. The highest BCUT2D eigenvalue weighted by molar-refractivity contribution is 7.95. The van der Waals surface area contributed by atoms with Gasteiger partial charge in [-0.1, -0.05) is 11.6 Å². The Labute approximate surface area is 153 Å².